The van der Waals surface area contributed by atoms with Crippen LogP contribution in [0.1, 0.15) is 17.2 Å². The highest BCUT2D eigenvalue weighted by atomic mass is 35.5. The average Bonchev–Trinajstić information content (AvgIpc) is 3.09. The molecule has 1 N–H and O–H groups in total. The Morgan fingerprint density at radius 3 is 2.79 bits per heavy atom. The van der Waals surface area contributed by atoms with Crippen molar-refractivity contribution in [3.05, 3.63) is 69.6 Å². The fourth-order valence-corrected chi connectivity index (χ4v) is 5.02. The zero-order valence-corrected chi connectivity index (χ0v) is 17.2. The second kappa shape index (κ2) is 7.73. The van der Waals surface area contributed by atoms with Crippen molar-refractivity contribution >= 4 is 34.1 Å². The van der Waals surface area contributed by atoms with Gasteiger partial charge >= 0.3 is 0 Å². The number of rotatable bonds is 3. The molecule has 3 aromatic rings. The van der Waals surface area contributed by atoms with Crippen LogP contribution in [-0.4, -0.2) is 42.1 Å². The Labute approximate surface area is 178 Å². The van der Waals surface area contributed by atoms with Crippen LogP contribution in [0.5, 0.6) is 5.75 Å². The lowest BCUT2D eigenvalue weighted by molar-refractivity contribution is 0.0702. The van der Waals surface area contributed by atoms with E-state index >= 15 is 0 Å². The number of benzene rings is 2. The van der Waals surface area contributed by atoms with E-state index in [0.717, 1.165) is 43.7 Å². The average molecular weight is 432 g/mol. The number of nitrogens with one attached hydrogen (secondary N) is 1. The largest absolute Gasteiger partial charge is 0.482 e. The normalized spacial score (nSPS) is 22.0. The summed E-state index contributed by atoms with van der Waals surface area (Å²) in [5, 5.41) is 5.10. The molecule has 4 nitrogen and oxygen atoms in total. The summed E-state index contributed by atoms with van der Waals surface area (Å²) in [5.41, 5.74) is 2.59. The van der Waals surface area contributed by atoms with Gasteiger partial charge in [-0.2, -0.15) is 0 Å². The van der Waals surface area contributed by atoms with E-state index in [1.54, 1.807) is 30.5 Å². The van der Waals surface area contributed by atoms with Crippen LogP contribution in [0.2, 0.25) is 10.0 Å². The highest BCUT2D eigenvalue weighted by Gasteiger charge is 2.40. The number of halogens is 3. The first-order valence-corrected chi connectivity index (χ1v) is 10.5. The third-order valence-electron chi connectivity index (χ3n) is 5.82. The molecular formula is C22H20Cl2FN3O. The summed E-state index contributed by atoms with van der Waals surface area (Å²) in [6, 6.07) is 10.4. The van der Waals surface area contributed by atoms with Crippen LogP contribution in [0.3, 0.4) is 0 Å². The van der Waals surface area contributed by atoms with E-state index in [9.17, 15) is 4.39 Å². The molecule has 1 aromatic heterocycles. The third kappa shape index (κ3) is 3.46. The van der Waals surface area contributed by atoms with E-state index in [2.05, 4.69) is 15.2 Å². The molecule has 5 rings (SSSR count). The quantitative estimate of drug-likeness (QED) is 0.655. The molecule has 2 atom stereocenters. The van der Waals surface area contributed by atoms with E-state index in [0.29, 0.717) is 26.7 Å². The van der Waals surface area contributed by atoms with Crippen LogP contribution >= 0.6 is 23.2 Å². The SMILES string of the molecule is Fc1ccc(OC2c3cc(Cl)cc(Cl)c3CC2N2CCNCC2)c2ncccc12. The van der Waals surface area contributed by atoms with Crippen LogP contribution in [0.15, 0.2) is 42.6 Å². The van der Waals surface area contributed by atoms with Crippen molar-refractivity contribution < 1.29 is 9.13 Å². The van der Waals surface area contributed by atoms with E-state index in [-0.39, 0.29) is 18.0 Å². The van der Waals surface area contributed by atoms with Gasteiger partial charge in [0.2, 0.25) is 0 Å². The minimum absolute atomic E-state index is 0.131. The van der Waals surface area contributed by atoms with Gasteiger partial charge in [-0.1, -0.05) is 23.2 Å². The molecule has 1 aliphatic heterocycles. The van der Waals surface area contributed by atoms with E-state index < -0.39 is 0 Å². The van der Waals surface area contributed by atoms with Gasteiger partial charge in [-0.3, -0.25) is 9.88 Å². The first kappa shape index (κ1) is 19.1. The van der Waals surface area contributed by atoms with Crippen molar-refractivity contribution in [1.29, 1.82) is 0 Å². The van der Waals surface area contributed by atoms with E-state index in [1.165, 1.54) is 6.07 Å². The van der Waals surface area contributed by atoms with Crippen molar-refractivity contribution in [2.75, 3.05) is 26.2 Å². The van der Waals surface area contributed by atoms with Crippen LogP contribution in [0.4, 0.5) is 4.39 Å². The molecule has 150 valence electrons. The third-order valence-corrected chi connectivity index (χ3v) is 6.37. The lowest BCUT2D eigenvalue weighted by Gasteiger charge is -2.36. The number of fused-ring (bicyclic) bond motifs is 2. The molecule has 0 amide bonds. The molecule has 0 saturated carbocycles. The summed E-state index contributed by atoms with van der Waals surface area (Å²) in [4.78, 5) is 6.81. The summed E-state index contributed by atoms with van der Waals surface area (Å²) in [6.07, 6.45) is 2.19. The molecular weight excluding hydrogens is 412 g/mol. The van der Waals surface area contributed by atoms with Gasteiger partial charge in [0.15, 0.2) is 0 Å². The molecule has 2 heterocycles. The Kier molecular flexibility index (Phi) is 5.08. The standard InChI is InChI=1S/C22H20Cl2FN3O/c23-13-10-16-15(17(24)11-13)12-19(28-8-6-26-7-9-28)22(16)29-20-4-3-18(25)14-2-1-5-27-21(14)20/h1-5,10-11,19,22,26H,6-9,12H2. The van der Waals surface area contributed by atoms with Gasteiger partial charge in [0.25, 0.3) is 0 Å². The smallest absolute Gasteiger partial charge is 0.146 e. The highest BCUT2D eigenvalue weighted by Crippen LogP contribution is 2.43. The number of hydrogen-bond acceptors (Lipinski definition) is 4. The van der Waals surface area contributed by atoms with E-state index in [1.807, 2.05) is 6.07 Å². The summed E-state index contributed by atoms with van der Waals surface area (Å²) in [7, 11) is 0. The predicted molar refractivity (Wildman–Crippen MR) is 113 cm³/mol. The Bertz CT molecular complexity index is 1070. The minimum atomic E-state index is -0.308. The Balaban J connectivity index is 1.58. The Morgan fingerprint density at radius 1 is 1.14 bits per heavy atom. The molecule has 1 aliphatic carbocycles. The van der Waals surface area contributed by atoms with Crippen molar-refractivity contribution in [2.24, 2.45) is 0 Å². The lowest BCUT2D eigenvalue weighted by atomic mass is 10.1. The zero-order valence-electron chi connectivity index (χ0n) is 15.7. The first-order valence-electron chi connectivity index (χ1n) is 9.74. The highest BCUT2D eigenvalue weighted by molar-refractivity contribution is 6.35. The maximum Gasteiger partial charge on any atom is 0.146 e. The van der Waals surface area contributed by atoms with Gasteiger partial charge in [-0.15, -0.1) is 0 Å². The van der Waals surface area contributed by atoms with Crippen LogP contribution in [-0.2, 0) is 6.42 Å². The Hall–Kier alpha value is -1.92. The first-order chi connectivity index (χ1) is 14.1. The topological polar surface area (TPSA) is 37.4 Å². The molecule has 1 saturated heterocycles. The predicted octanol–water partition coefficient (Wildman–Crippen LogP) is 4.63. The van der Waals surface area contributed by atoms with Crippen LogP contribution in [0, 0.1) is 5.82 Å². The van der Waals surface area contributed by atoms with Gasteiger partial charge in [0, 0.05) is 53.4 Å². The fraction of sp³-hybridized carbons (Fsp3) is 0.318. The van der Waals surface area contributed by atoms with Crippen molar-refractivity contribution in [3.8, 4) is 5.75 Å². The Morgan fingerprint density at radius 2 is 1.97 bits per heavy atom. The fourth-order valence-electron chi connectivity index (χ4n) is 4.44. The molecule has 7 heteroatoms. The molecule has 2 aromatic carbocycles. The van der Waals surface area contributed by atoms with Crippen LogP contribution in [0.25, 0.3) is 10.9 Å². The molecule has 1 fully saturated rings. The molecule has 0 radical (unpaired) electrons. The van der Waals surface area contributed by atoms with E-state index in [4.69, 9.17) is 27.9 Å². The maximum atomic E-state index is 14.2. The number of piperazine rings is 1. The second-order valence-electron chi connectivity index (χ2n) is 7.50. The van der Waals surface area contributed by atoms with Crippen LogP contribution < -0.4 is 10.1 Å². The maximum absolute atomic E-state index is 14.2. The molecule has 0 spiro atoms. The summed E-state index contributed by atoms with van der Waals surface area (Å²) < 4.78 is 20.8. The minimum Gasteiger partial charge on any atom is -0.482 e. The monoisotopic (exact) mass is 431 g/mol. The summed E-state index contributed by atoms with van der Waals surface area (Å²) in [6.45, 7) is 3.75. The number of ether oxygens (including phenoxy) is 1. The molecule has 0 bridgehead atoms. The molecule has 29 heavy (non-hydrogen) atoms. The number of nitrogens with zero attached hydrogens (tertiary/aromatic N) is 2. The number of pyridine rings is 1. The number of hydrogen-bond donors (Lipinski definition) is 1. The number of aromatic nitrogens is 1. The van der Waals surface area contributed by atoms with Gasteiger partial charge in [-0.25, -0.2) is 4.39 Å². The summed E-state index contributed by atoms with van der Waals surface area (Å²) >= 11 is 12.9. The van der Waals surface area contributed by atoms with Crippen molar-refractivity contribution in [3.63, 3.8) is 0 Å². The summed E-state index contributed by atoms with van der Waals surface area (Å²) in [5.74, 6) is 0.257. The van der Waals surface area contributed by atoms with Gasteiger partial charge in [0.1, 0.15) is 23.2 Å². The molecule has 2 unspecified atom stereocenters. The van der Waals surface area contributed by atoms with Crippen molar-refractivity contribution in [2.45, 2.75) is 18.6 Å². The lowest BCUT2D eigenvalue weighted by Crippen LogP contribution is -2.50. The van der Waals surface area contributed by atoms with Gasteiger partial charge in [0.05, 0.1) is 6.04 Å². The van der Waals surface area contributed by atoms with Gasteiger partial charge < -0.3 is 10.1 Å². The molecule has 2 aliphatic rings. The van der Waals surface area contributed by atoms with Crippen molar-refractivity contribution in [1.82, 2.24) is 15.2 Å². The second-order valence-corrected chi connectivity index (χ2v) is 8.34. The van der Waals surface area contributed by atoms with Gasteiger partial charge in [-0.05, 0) is 48.4 Å². The zero-order chi connectivity index (χ0) is 20.0.